The Bertz CT molecular complexity index is 1510. The van der Waals surface area contributed by atoms with Gasteiger partial charge in [-0.05, 0) is 49.2 Å². The summed E-state index contributed by atoms with van der Waals surface area (Å²) in [6, 6.07) is 9.00. The average Bonchev–Trinajstić information content (AvgIpc) is 3.17. The van der Waals surface area contributed by atoms with E-state index in [0.717, 1.165) is 38.5 Å². The molecule has 2 aromatic rings. The van der Waals surface area contributed by atoms with Crippen LogP contribution in [0.4, 0.5) is 5.82 Å². The number of carbonyl (C=O) groups is 4. The molecule has 0 spiro atoms. The summed E-state index contributed by atoms with van der Waals surface area (Å²) in [6.45, 7) is 1.65. The van der Waals surface area contributed by atoms with Crippen LogP contribution in [0.1, 0.15) is 87.4 Å². The maximum absolute atomic E-state index is 12.9. The Hall–Kier alpha value is -4.36. The van der Waals surface area contributed by atoms with E-state index in [2.05, 4.69) is 20.3 Å². The second-order valence-electron chi connectivity index (χ2n) is 12.7. The van der Waals surface area contributed by atoms with E-state index in [0.29, 0.717) is 12.4 Å². The molecule has 0 saturated carbocycles. The lowest BCUT2D eigenvalue weighted by Gasteiger charge is -2.10. The maximum Gasteiger partial charge on any atom is 0.329 e. The SMILES string of the molecule is O=C(O)CCCCCCCCCCCCCOc1ccc(S(=O)(=O)Nc2ccc(C(=O)NCCOCCOCC(=O)NCCOCCOCC(=O)O)cn2)cc1. The van der Waals surface area contributed by atoms with Crippen LogP contribution in [0.3, 0.4) is 0 Å². The molecule has 0 aliphatic heterocycles. The Morgan fingerprint density at radius 2 is 1.14 bits per heavy atom. The van der Waals surface area contributed by atoms with Gasteiger partial charge in [-0.2, -0.15) is 0 Å². The number of nitrogens with one attached hydrogen (secondary N) is 3. The zero-order valence-corrected chi connectivity index (χ0v) is 32.9. The number of rotatable bonds is 35. The van der Waals surface area contributed by atoms with Crippen molar-refractivity contribution in [3.63, 3.8) is 0 Å². The normalized spacial score (nSPS) is 11.2. The molecule has 314 valence electrons. The largest absolute Gasteiger partial charge is 0.494 e. The van der Waals surface area contributed by atoms with E-state index in [-0.39, 0.29) is 94.5 Å². The van der Waals surface area contributed by atoms with Crippen molar-refractivity contribution in [2.45, 2.75) is 81.9 Å². The Morgan fingerprint density at radius 1 is 0.589 bits per heavy atom. The molecule has 1 aromatic heterocycles. The third kappa shape index (κ3) is 24.2. The molecule has 0 bridgehead atoms. The van der Waals surface area contributed by atoms with Gasteiger partial charge in [0, 0.05) is 25.7 Å². The molecule has 0 atom stereocenters. The van der Waals surface area contributed by atoms with Crippen molar-refractivity contribution in [3.05, 3.63) is 48.2 Å². The van der Waals surface area contributed by atoms with E-state index < -0.39 is 27.9 Å². The minimum absolute atomic E-state index is 0.0449. The first-order valence-electron chi connectivity index (χ1n) is 19.1. The van der Waals surface area contributed by atoms with E-state index in [1.165, 1.54) is 62.6 Å². The number of pyridine rings is 1. The highest BCUT2D eigenvalue weighted by Crippen LogP contribution is 2.19. The maximum atomic E-state index is 12.9. The zero-order chi connectivity index (χ0) is 40.7. The van der Waals surface area contributed by atoms with Crippen LogP contribution in [0.25, 0.3) is 0 Å². The molecular formula is C38H58N4O13S. The van der Waals surface area contributed by atoms with Gasteiger partial charge in [-0.1, -0.05) is 57.8 Å². The number of hydrogen-bond acceptors (Lipinski definition) is 12. The summed E-state index contributed by atoms with van der Waals surface area (Å²) in [6.07, 6.45) is 13.5. The molecule has 0 aliphatic rings. The van der Waals surface area contributed by atoms with E-state index in [1.807, 2.05) is 0 Å². The Labute approximate surface area is 329 Å². The number of sulfonamides is 1. The number of carboxylic acid groups (broad SMARTS) is 2. The number of anilines is 1. The summed E-state index contributed by atoms with van der Waals surface area (Å²) in [7, 11) is -3.92. The summed E-state index contributed by atoms with van der Waals surface area (Å²) in [4.78, 5) is 49.1. The van der Waals surface area contributed by atoms with Gasteiger partial charge in [0.1, 0.15) is 24.8 Å². The lowest BCUT2D eigenvalue weighted by atomic mass is 10.1. The number of ether oxygens (including phenoxy) is 5. The fourth-order valence-electron chi connectivity index (χ4n) is 5.08. The molecule has 2 amide bonds. The predicted molar refractivity (Wildman–Crippen MR) is 206 cm³/mol. The zero-order valence-electron chi connectivity index (χ0n) is 32.0. The van der Waals surface area contributed by atoms with Gasteiger partial charge in [-0.25, -0.2) is 18.2 Å². The van der Waals surface area contributed by atoms with Crippen LogP contribution < -0.4 is 20.1 Å². The Morgan fingerprint density at radius 3 is 1.71 bits per heavy atom. The first kappa shape index (κ1) is 47.8. The van der Waals surface area contributed by atoms with Gasteiger partial charge in [0.2, 0.25) is 5.91 Å². The molecule has 17 nitrogen and oxygen atoms in total. The fourth-order valence-corrected chi connectivity index (χ4v) is 6.08. The van der Waals surface area contributed by atoms with Crippen LogP contribution in [0.2, 0.25) is 0 Å². The molecular weight excluding hydrogens is 752 g/mol. The third-order valence-electron chi connectivity index (χ3n) is 8.01. The lowest BCUT2D eigenvalue weighted by Crippen LogP contribution is -2.31. The minimum atomic E-state index is -3.92. The fraction of sp³-hybridized carbons (Fsp3) is 0.605. The second kappa shape index (κ2) is 29.9. The summed E-state index contributed by atoms with van der Waals surface area (Å²) in [5, 5.41) is 22.4. The van der Waals surface area contributed by atoms with Crippen molar-refractivity contribution >= 4 is 39.6 Å². The number of carboxylic acids is 2. The van der Waals surface area contributed by atoms with Crippen LogP contribution in [0.5, 0.6) is 5.75 Å². The van der Waals surface area contributed by atoms with E-state index in [4.69, 9.17) is 33.9 Å². The van der Waals surface area contributed by atoms with E-state index in [9.17, 15) is 27.6 Å². The molecule has 56 heavy (non-hydrogen) atoms. The first-order chi connectivity index (χ1) is 27.1. The van der Waals surface area contributed by atoms with Gasteiger partial charge in [0.05, 0.1) is 56.7 Å². The van der Waals surface area contributed by atoms with Gasteiger partial charge in [-0.3, -0.25) is 19.1 Å². The summed E-state index contributed by atoms with van der Waals surface area (Å²) >= 11 is 0. The van der Waals surface area contributed by atoms with Gasteiger partial charge in [0.25, 0.3) is 15.9 Å². The van der Waals surface area contributed by atoms with Crippen molar-refractivity contribution in [2.75, 3.05) is 77.3 Å². The van der Waals surface area contributed by atoms with E-state index in [1.54, 1.807) is 12.1 Å². The summed E-state index contributed by atoms with van der Waals surface area (Å²) < 4.78 is 54.6. The number of aromatic nitrogens is 1. The van der Waals surface area contributed by atoms with Gasteiger partial charge in [-0.15, -0.1) is 0 Å². The number of benzene rings is 1. The number of nitrogens with zero attached hydrogens (tertiary/aromatic N) is 1. The number of aliphatic carboxylic acids is 2. The number of amides is 2. The summed E-state index contributed by atoms with van der Waals surface area (Å²) in [5.41, 5.74) is 0.235. The molecule has 0 fully saturated rings. The van der Waals surface area contributed by atoms with Crippen LogP contribution >= 0.6 is 0 Å². The van der Waals surface area contributed by atoms with E-state index >= 15 is 0 Å². The summed E-state index contributed by atoms with van der Waals surface area (Å²) in [5.74, 6) is -1.87. The number of carbonyl (C=O) groups excluding carboxylic acids is 2. The topological polar surface area (TPSA) is 238 Å². The van der Waals surface area contributed by atoms with Crippen LogP contribution in [0.15, 0.2) is 47.5 Å². The van der Waals surface area contributed by atoms with Crippen molar-refractivity contribution < 1.29 is 61.5 Å². The van der Waals surface area contributed by atoms with Crippen molar-refractivity contribution in [3.8, 4) is 5.75 Å². The van der Waals surface area contributed by atoms with Crippen molar-refractivity contribution in [1.82, 2.24) is 15.6 Å². The monoisotopic (exact) mass is 810 g/mol. The first-order valence-corrected chi connectivity index (χ1v) is 20.6. The number of unbranched alkanes of at least 4 members (excludes halogenated alkanes) is 10. The molecule has 0 radical (unpaired) electrons. The molecule has 0 unspecified atom stereocenters. The van der Waals surface area contributed by atoms with Gasteiger partial charge < -0.3 is 44.5 Å². The van der Waals surface area contributed by atoms with Crippen molar-refractivity contribution in [1.29, 1.82) is 0 Å². The lowest BCUT2D eigenvalue weighted by molar-refractivity contribution is -0.143. The predicted octanol–water partition coefficient (Wildman–Crippen LogP) is 4.02. The molecule has 0 aliphatic carbocycles. The second-order valence-corrected chi connectivity index (χ2v) is 14.4. The molecule has 18 heteroatoms. The molecule has 1 aromatic carbocycles. The standard InChI is InChI=1S/C38H58N4O13S/c43-35(39-19-22-51-25-27-54-30-37(46)47)29-53-26-24-52-23-20-40-38(48)31-13-18-34(41-28-31)42-56(49,50)33-16-14-32(15-17-33)55-21-11-9-7-5-3-1-2-4-6-8-10-12-36(44)45/h13-18,28H,1-12,19-27,29-30H2,(H,39,43)(H,40,48)(H,41,42)(H,44,45)(H,46,47). The van der Waals surface area contributed by atoms with Gasteiger partial charge >= 0.3 is 11.9 Å². The Balaban J connectivity index is 1.50. The third-order valence-corrected chi connectivity index (χ3v) is 9.38. The van der Waals surface area contributed by atoms with Gasteiger partial charge in [0.15, 0.2) is 0 Å². The molecule has 5 N–H and O–H groups in total. The highest BCUT2D eigenvalue weighted by Gasteiger charge is 2.16. The Kier molecular flexibility index (Phi) is 25.5. The average molecular weight is 811 g/mol. The minimum Gasteiger partial charge on any atom is -0.494 e. The van der Waals surface area contributed by atoms with Crippen LogP contribution in [-0.4, -0.2) is 120 Å². The van der Waals surface area contributed by atoms with Crippen molar-refractivity contribution in [2.24, 2.45) is 0 Å². The molecule has 2 rings (SSSR count). The van der Waals surface area contributed by atoms with Crippen LogP contribution in [-0.2, 0) is 43.4 Å². The molecule has 1 heterocycles. The number of hydrogen-bond donors (Lipinski definition) is 5. The highest BCUT2D eigenvalue weighted by atomic mass is 32.2. The smallest absolute Gasteiger partial charge is 0.329 e. The molecule has 0 saturated heterocycles. The quantitative estimate of drug-likeness (QED) is 0.0619. The van der Waals surface area contributed by atoms with Crippen LogP contribution in [0, 0.1) is 0 Å². The highest BCUT2D eigenvalue weighted by molar-refractivity contribution is 7.92.